The molecule has 3 aromatic carbocycles. The average molecular weight is 371 g/mol. The molecule has 5 rings (SSSR count). The average Bonchev–Trinajstić information content (AvgIpc) is 3.12. The zero-order chi connectivity index (χ0) is 19.1. The minimum Gasteiger partial charge on any atom is -0.349 e. The summed E-state index contributed by atoms with van der Waals surface area (Å²) in [6, 6.07) is 24.2. The molecule has 1 N–H and O–H groups in total. The van der Waals surface area contributed by atoms with E-state index in [2.05, 4.69) is 53.2 Å². The van der Waals surface area contributed by atoms with Gasteiger partial charge in [-0.1, -0.05) is 55.5 Å². The highest BCUT2D eigenvalue weighted by Gasteiger charge is 2.30. The summed E-state index contributed by atoms with van der Waals surface area (Å²) in [6.45, 7) is 2.17. The smallest absolute Gasteiger partial charge is 0.204 e. The predicted molar refractivity (Wildman–Crippen MR) is 111 cm³/mol. The summed E-state index contributed by atoms with van der Waals surface area (Å²) in [5.74, 6) is 0.657. The van der Waals surface area contributed by atoms with E-state index in [-0.39, 0.29) is 17.9 Å². The third-order valence-corrected chi connectivity index (χ3v) is 5.71. The maximum Gasteiger partial charge on any atom is 0.204 e. The van der Waals surface area contributed by atoms with E-state index < -0.39 is 0 Å². The van der Waals surface area contributed by atoms with Crippen molar-refractivity contribution in [3.8, 4) is 0 Å². The number of para-hydroxylation sites is 2. The highest BCUT2D eigenvalue weighted by Crippen LogP contribution is 2.41. The lowest BCUT2D eigenvalue weighted by atomic mass is 9.92. The number of nitrogens with one attached hydrogen (secondary N) is 1. The normalized spacial score (nSPS) is 18.6. The standard InChI is InChI=1S/C24H22FN3/c1-2-16-7-9-18(10-8-16)23-15-21(17-11-13-19(25)14-12-17)27-24-26-20-5-3-4-6-22(20)28(23)24/h3-14,21,23H,2,15H2,1H3,(H,26,27). The molecule has 0 spiro atoms. The summed E-state index contributed by atoms with van der Waals surface area (Å²) in [5, 5.41) is 3.57. The summed E-state index contributed by atoms with van der Waals surface area (Å²) >= 11 is 0. The molecule has 28 heavy (non-hydrogen) atoms. The molecule has 0 fully saturated rings. The maximum absolute atomic E-state index is 13.4. The Morgan fingerprint density at radius 2 is 1.68 bits per heavy atom. The van der Waals surface area contributed by atoms with Crippen molar-refractivity contribution >= 4 is 17.0 Å². The molecule has 1 aliphatic heterocycles. The van der Waals surface area contributed by atoms with Gasteiger partial charge in [0.1, 0.15) is 5.82 Å². The molecule has 0 amide bonds. The van der Waals surface area contributed by atoms with Crippen molar-refractivity contribution in [2.45, 2.75) is 31.8 Å². The number of hydrogen-bond acceptors (Lipinski definition) is 2. The van der Waals surface area contributed by atoms with E-state index in [0.717, 1.165) is 35.4 Å². The molecular formula is C24H22FN3. The van der Waals surface area contributed by atoms with Gasteiger partial charge in [0.2, 0.25) is 5.95 Å². The first kappa shape index (κ1) is 17.0. The van der Waals surface area contributed by atoms with Crippen LogP contribution in [0.5, 0.6) is 0 Å². The van der Waals surface area contributed by atoms with E-state index in [1.165, 1.54) is 23.3 Å². The van der Waals surface area contributed by atoms with Gasteiger partial charge in [-0.3, -0.25) is 0 Å². The summed E-state index contributed by atoms with van der Waals surface area (Å²) in [7, 11) is 0. The van der Waals surface area contributed by atoms with Gasteiger partial charge in [0.05, 0.1) is 23.1 Å². The molecule has 0 saturated carbocycles. The van der Waals surface area contributed by atoms with Gasteiger partial charge in [-0.15, -0.1) is 0 Å². The molecule has 0 saturated heterocycles. The number of imidazole rings is 1. The molecule has 0 bridgehead atoms. The van der Waals surface area contributed by atoms with E-state index >= 15 is 0 Å². The molecule has 0 radical (unpaired) electrons. The first-order chi connectivity index (χ1) is 13.7. The van der Waals surface area contributed by atoms with Gasteiger partial charge in [-0.2, -0.15) is 0 Å². The molecule has 3 nitrogen and oxygen atoms in total. The Balaban J connectivity index is 1.63. The van der Waals surface area contributed by atoms with Crippen LogP contribution in [0.15, 0.2) is 72.8 Å². The molecule has 1 aromatic heterocycles. The first-order valence-electron chi connectivity index (χ1n) is 9.80. The summed E-state index contributed by atoms with van der Waals surface area (Å²) in [6.07, 6.45) is 1.91. The number of nitrogens with zero attached hydrogens (tertiary/aromatic N) is 2. The fraction of sp³-hybridized carbons (Fsp3) is 0.208. The molecule has 140 valence electrons. The van der Waals surface area contributed by atoms with E-state index in [1.807, 2.05) is 24.3 Å². The number of hydrogen-bond donors (Lipinski definition) is 1. The fourth-order valence-corrected chi connectivity index (χ4v) is 4.18. The lowest BCUT2D eigenvalue weighted by molar-refractivity contribution is 0.477. The number of aryl methyl sites for hydroxylation is 1. The zero-order valence-corrected chi connectivity index (χ0v) is 15.8. The molecule has 4 aromatic rings. The van der Waals surface area contributed by atoms with Crippen LogP contribution in [0, 0.1) is 5.82 Å². The molecule has 0 aliphatic carbocycles. The quantitative estimate of drug-likeness (QED) is 0.487. The third kappa shape index (κ3) is 2.85. The monoisotopic (exact) mass is 371 g/mol. The van der Waals surface area contributed by atoms with Crippen molar-refractivity contribution in [2.75, 3.05) is 5.32 Å². The number of halogens is 1. The second kappa shape index (κ2) is 6.79. The van der Waals surface area contributed by atoms with Crippen molar-refractivity contribution in [3.63, 3.8) is 0 Å². The van der Waals surface area contributed by atoms with Crippen LogP contribution in [-0.4, -0.2) is 9.55 Å². The van der Waals surface area contributed by atoms with E-state index in [0.29, 0.717) is 0 Å². The molecule has 2 unspecified atom stereocenters. The second-order valence-corrected chi connectivity index (χ2v) is 7.39. The molecule has 4 heteroatoms. The van der Waals surface area contributed by atoms with E-state index in [1.54, 1.807) is 0 Å². The zero-order valence-electron chi connectivity index (χ0n) is 15.8. The largest absolute Gasteiger partial charge is 0.349 e. The Hall–Kier alpha value is -3.14. The Morgan fingerprint density at radius 1 is 0.964 bits per heavy atom. The third-order valence-electron chi connectivity index (χ3n) is 5.71. The number of fused-ring (bicyclic) bond motifs is 3. The summed E-state index contributed by atoms with van der Waals surface area (Å²) < 4.78 is 15.7. The summed E-state index contributed by atoms with van der Waals surface area (Å²) in [5.41, 5.74) is 5.81. The van der Waals surface area contributed by atoms with Crippen LogP contribution in [0.4, 0.5) is 10.3 Å². The SMILES string of the molecule is CCc1ccc(C2CC(c3ccc(F)cc3)Nc3nc4ccccc4n32)cc1. The van der Waals surface area contributed by atoms with Crippen molar-refractivity contribution in [3.05, 3.63) is 95.3 Å². The van der Waals surface area contributed by atoms with Crippen LogP contribution in [0.2, 0.25) is 0 Å². The van der Waals surface area contributed by atoms with Gasteiger partial charge in [0.25, 0.3) is 0 Å². The van der Waals surface area contributed by atoms with Gasteiger partial charge >= 0.3 is 0 Å². The van der Waals surface area contributed by atoms with Crippen LogP contribution in [0.1, 0.15) is 42.1 Å². The first-order valence-corrected chi connectivity index (χ1v) is 9.80. The Labute approximate surface area is 163 Å². The second-order valence-electron chi connectivity index (χ2n) is 7.39. The Kier molecular flexibility index (Phi) is 4.12. The van der Waals surface area contributed by atoms with Gasteiger partial charge in [0.15, 0.2) is 0 Å². The van der Waals surface area contributed by atoms with E-state index in [4.69, 9.17) is 4.98 Å². The van der Waals surface area contributed by atoms with Crippen molar-refractivity contribution < 1.29 is 4.39 Å². The maximum atomic E-state index is 13.4. The Bertz CT molecular complexity index is 1110. The number of rotatable bonds is 3. The lowest BCUT2D eigenvalue weighted by Crippen LogP contribution is -2.27. The highest BCUT2D eigenvalue weighted by atomic mass is 19.1. The highest BCUT2D eigenvalue weighted by molar-refractivity contribution is 5.79. The molecular weight excluding hydrogens is 349 g/mol. The fourth-order valence-electron chi connectivity index (χ4n) is 4.18. The molecule has 1 aliphatic rings. The summed E-state index contributed by atoms with van der Waals surface area (Å²) in [4.78, 5) is 4.83. The van der Waals surface area contributed by atoms with Crippen LogP contribution >= 0.6 is 0 Å². The minimum atomic E-state index is -0.210. The number of anilines is 1. The van der Waals surface area contributed by atoms with Gasteiger partial charge in [-0.25, -0.2) is 9.37 Å². The van der Waals surface area contributed by atoms with E-state index in [9.17, 15) is 4.39 Å². The van der Waals surface area contributed by atoms with Crippen molar-refractivity contribution in [1.29, 1.82) is 0 Å². The van der Waals surface area contributed by atoms with Gasteiger partial charge in [0, 0.05) is 0 Å². The number of benzene rings is 3. The van der Waals surface area contributed by atoms with Crippen LogP contribution < -0.4 is 5.32 Å². The van der Waals surface area contributed by atoms with Crippen molar-refractivity contribution in [1.82, 2.24) is 9.55 Å². The Morgan fingerprint density at radius 3 is 2.43 bits per heavy atom. The minimum absolute atomic E-state index is 0.0840. The van der Waals surface area contributed by atoms with Gasteiger partial charge in [-0.05, 0) is 53.8 Å². The molecule has 2 heterocycles. The van der Waals surface area contributed by atoms with Gasteiger partial charge < -0.3 is 9.88 Å². The topological polar surface area (TPSA) is 29.9 Å². The van der Waals surface area contributed by atoms with Crippen LogP contribution in [0.3, 0.4) is 0 Å². The molecule has 2 atom stereocenters. The predicted octanol–water partition coefficient (Wildman–Crippen LogP) is 5.88. The van der Waals surface area contributed by atoms with Crippen molar-refractivity contribution in [2.24, 2.45) is 0 Å². The van der Waals surface area contributed by atoms with Crippen LogP contribution in [-0.2, 0) is 6.42 Å². The van der Waals surface area contributed by atoms with Crippen LogP contribution in [0.25, 0.3) is 11.0 Å². The lowest BCUT2D eigenvalue weighted by Gasteiger charge is -2.33. The number of aromatic nitrogens is 2.